The maximum absolute atomic E-state index is 12.4. The number of hydrogen-bond acceptors (Lipinski definition) is 2. The molecule has 5 heteroatoms. The summed E-state index contributed by atoms with van der Waals surface area (Å²) >= 11 is 3.51. The van der Waals surface area contributed by atoms with Crippen molar-refractivity contribution < 1.29 is 4.79 Å². The number of carbonyl (C=O) groups excluding carboxylic acids is 1. The van der Waals surface area contributed by atoms with Gasteiger partial charge in [-0.3, -0.25) is 9.48 Å². The number of aromatic nitrogens is 2. The van der Waals surface area contributed by atoms with Gasteiger partial charge in [-0.2, -0.15) is 5.10 Å². The van der Waals surface area contributed by atoms with Crippen molar-refractivity contribution in [1.82, 2.24) is 14.7 Å². The molecule has 0 radical (unpaired) electrons. The van der Waals surface area contributed by atoms with Gasteiger partial charge in [0.15, 0.2) is 0 Å². The van der Waals surface area contributed by atoms with E-state index < -0.39 is 0 Å². The van der Waals surface area contributed by atoms with E-state index in [1.54, 1.807) is 4.68 Å². The van der Waals surface area contributed by atoms with E-state index in [2.05, 4.69) is 21.0 Å². The Balaban J connectivity index is 2.12. The van der Waals surface area contributed by atoms with Crippen LogP contribution in [-0.4, -0.2) is 39.0 Å². The lowest BCUT2D eigenvalue weighted by Gasteiger charge is -2.31. The van der Waals surface area contributed by atoms with E-state index in [9.17, 15) is 4.79 Å². The lowest BCUT2D eigenvalue weighted by molar-refractivity contribution is 0.0685. The van der Waals surface area contributed by atoms with Crippen molar-refractivity contribution in [1.29, 1.82) is 0 Å². The van der Waals surface area contributed by atoms with Crippen LogP contribution < -0.4 is 0 Å². The smallest absolute Gasteiger partial charge is 0.257 e. The molecular weight excluding hydrogens is 282 g/mol. The molecule has 0 N–H and O–H groups in total. The molecule has 0 aromatic carbocycles. The van der Waals surface area contributed by atoms with Crippen LogP contribution in [0.1, 0.15) is 28.9 Å². The third-order valence-electron chi connectivity index (χ3n) is 3.27. The predicted octanol–water partition coefficient (Wildman–Crippen LogP) is 1.98. The number of piperidine rings is 1. The molecule has 1 saturated heterocycles. The number of alkyl halides is 1. The minimum absolute atomic E-state index is 0.126. The molecule has 1 aromatic heterocycles. The Kier molecular flexibility index (Phi) is 3.86. The fraction of sp³-hybridized carbons (Fsp3) is 0.667. The maximum Gasteiger partial charge on any atom is 0.257 e. The third-order valence-corrected chi connectivity index (χ3v) is 4.18. The monoisotopic (exact) mass is 299 g/mol. The molecule has 4 nitrogen and oxygen atoms in total. The Hall–Kier alpha value is -0.840. The van der Waals surface area contributed by atoms with E-state index in [0.717, 1.165) is 36.1 Å². The maximum atomic E-state index is 12.4. The highest BCUT2D eigenvalue weighted by Crippen LogP contribution is 2.20. The minimum Gasteiger partial charge on any atom is -0.338 e. The molecule has 0 bridgehead atoms. The standard InChI is InChI=1S/C12H18BrN3O/c1-9-11(8-15(2)14-9)12(17)16-5-3-4-10(6-13)7-16/h8,10H,3-7H2,1-2H3. The molecule has 94 valence electrons. The fourth-order valence-electron chi connectivity index (χ4n) is 2.36. The van der Waals surface area contributed by atoms with Crippen LogP contribution in [0.5, 0.6) is 0 Å². The number of nitrogens with zero attached hydrogens (tertiary/aromatic N) is 3. The van der Waals surface area contributed by atoms with Crippen LogP contribution in [0.4, 0.5) is 0 Å². The first kappa shape index (κ1) is 12.6. The van der Waals surface area contributed by atoms with Gasteiger partial charge in [0, 0.05) is 31.7 Å². The van der Waals surface area contributed by atoms with Gasteiger partial charge in [0.05, 0.1) is 11.3 Å². The van der Waals surface area contributed by atoms with E-state index >= 15 is 0 Å². The zero-order valence-corrected chi connectivity index (χ0v) is 11.9. The second-order valence-corrected chi connectivity index (χ2v) is 5.36. The summed E-state index contributed by atoms with van der Waals surface area (Å²) in [4.78, 5) is 14.3. The van der Waals surface area contributed by atoms with Crippen LogP contribution in [-0.2, 0) is 7.05 Å². The predicted molar refractivity (Wildman–Crippen MR) is 70.4 cm³/mol. The summed E-state index contributed by atoms with van der Waals surface area (Å²) in [6, 6.07) is 0. The summed E-state index contributed by atoms with van der Waals surface area (Å²) in [7, 11) is 1.85. The van der Waals surface area contributed by atoms with E-state index in [0.29, 0.717) is 5.92 Å². The Morgan fingerprint density at radius 3 is 3.00 bits per heavy atom. The van der Waals surface area contributed by atoms with Crippen molar-refractivity contribution in [2.75, 3.05) is 18.4 Å². The molecule has 1 atom stereocenters. The van der Waals surface area contributed by atoms with E-state index in [-0.39, 0.29) is 5.91 Å². The van der Waals surface area contributed by atoms with Crippen molar-refractivity contribution >= 4 is 21.8 Å². The Bertz CT molecular complexity index is 416. The number of amides is 1. The summed E-state index contributed by atoms with van der Waals surface area (Å²) in [5.41, 5.74) is 1.56. The molecule has 17 heavy (non-hydrogen) atoms. The Morgan fingerprint density at radius 2 is 2.41 bits per heavy atom. The van der Waals surface area contributed by atoms with Crippen molar-refractivity contribution in [2.45, 2.75) is 19.8 Å². The lowest BCUT2D eigenvalue weighted by Crippen LogP contribution is -2.40. The van der Waals surface area contributed by atoms with Gasteiger partial charge in [-0.1, -0.05) is 15.9 Å². The summed E-state index contributed by atoms with van der Waals surface area (Å²) in [6.45, 7) is 3.62. The average molecular weight is 300 g/mol. The molecular formula is C12H18BrN3O. The minimum atomic E-state index is 0.126. The zero-order chi connectivity index (χ0) is 12.4. The second kappa shape index (κ2) is 5.21. The Morgan fingerprint density at radius 1 is 1.65 bits per heavy atom. The number of hydrogen-bond donors (Lipinski definition) is 0. The highest BCUT2D eigenvalue weighted by atomic mass is 79.9. The average Bonchev–Trinajstić information content (AvgIpc) is 2.67. The molecule has 1 fully saturated rings. The lowest BCUT2D eigenvalue weighted by atomic mass is 9.99. The summed E-state index contributed by atoms with van der Waals surface area (Å²) in [5.74, 6) is 0.714. The number of likely N-dealkylation sites (tertiary alicyclic amines) is 1. The number of rotatable bonds is 2. The van der Waals surface area contributed by atoms with Crippen molar-refractivity contribution in [3.8, 4) is 0 Å². The van der Waals surface area contributed by atoms with Gasteiger partial charge in [0.1, 0.15) is 0 Å². The van der Waals surface area contributed by atoms with Gasteiger partial charge in [-0.25, -0.2) is 0 Å². The molecule has 1 amide bonds. The van der Waals surface area contributed by atoms with Crippen LogP contribution >= 0.6 is 15.9 Å². The quantitative estimate of drug-likeness (QED) is 0.783. The molecule has 1 aliphatic rings. The van der Waals surface area contributed by atoms with Crippen LogP contribution in [0.15, 0.2) is 6.20 Å². The number of halogens is 1. The van der Waals surface area contributed by atoms with Crippen molar-refractivity contribution in [3.63, 3.8) is 0 Å². The molecule has 2 heterocycles. The van der Waals surface area contributed by atoms with Gasteiger partial charge in [-0.15, -0.1) is 0 Å². The van der Waals surface area contributed by atoms with Gasteiger partial charge < -0.3 is 4.90 Å². The van der Waals surface area contributed by atoms with Crippen molar-refractivity contribution in [3.05, 3.63) is 17.5 Å². The van der Waals surface area contributed by atoms with Crippen LogP contribution in [0.25, 0.3) is 0 Å². The summed E-state index contributed by atoms with van der Waals surface area (Å²) < 4.78 is 1.70. The van der Waals surface area contributed by atoms with E-state index in [1.165, 1.54) is 6.42 Å². The van der Waals surface area contributed by atoms with Crippen molar-refractivity contribution in [2.24, 2.45) is 13.0 Å². The molecule has 1 aromatic rings. The zero-order valence-electron chi connectivity index (χ0n) is 10.3. The van der Waals surface area contributed by atoms with Crippen LogP contribution in [0.3, 0.4) is 0 Å². The van der Waals surface area contributed by atoms with Gasteiger partial charge in [0.2, 0.25) is 0 Å². The van der Waals surface area contributed by atoms with Crippen LogP contribution in [0.2, 0.25) is 0 Å². The second-order valence-electron chi connectivity index (χ2n) is 4.72. The highest BCUT2D eigenvalue weighted by Gasteiger charge is 2.25. The summed E-state index contributed by atoms with van der Waals surface area (Å²) in [5, 5.41) is 5.20. The molecule has 1 aliphatic heterocycles. The topological polar surface area (TPSA) is 38.1 Å². The summed E-state index contributed by atoms with van der Waals surface area (Å²) in [6.07, 6.45) is 4.12. The van der Waals surface area contributed by atoms with Gasteiger partial charge in [0.25, 0.3) is 5.91 Å². The Labute approximate surface area is 110 Å². The fourth-order valence-corrected chi connectivity index (χ4v) is 2.88. The largest absolute Gasteiger partial charge is 0.338 e. The first-order valence-corrected chi connectivity index (χ1v) is 7.09. The molecule has 0 spiro atoms. The molecule has 0 aliphatic carbocycles. The SMILES string of the molecule is Cc1nn(C)cc1C(=O)N1CCCC(CBr)C1. The normalized spacial score (nSPS) is 20.6. The van der Waals surface area contributed by atoms with Gasteiger partial charge in [-0.05, 0) is 25.7 Å². The molecule has 2 rings (SSSR count). The van der Waals surface area contributed by atoms with E-state index in [4.69, 9.17) is 0 Å². The number of aryl methyl sites for hydroxylation is 2. The highest BCUT2D eigenvalue weighted by molar-refractivity contribution is 9.09. The first-order valence-electron chi connectivity index (χ1n) is 5.97. The van der Waals surface area contributed by atoms with Gasteiger partial charge >= 0.3 is 0 Å². The van der Waals surface area contributed by atoms with Crippen LogP contribution in [0, 0.1) is 12.8 Å². The molecule has 0 saturated carbocycles. The number of carbonyl (C=O) groups is 1. The third kappa shape index (κ3) is 2.70. The van der Waals surface area contributed by atoms with E-state index in [1.807, 2.05) is 25.1 Å². The first-order chi connectivity index (χ1) is 8.11. The molecule has 1 unspecified atom stereocenters.